The van der Waals surface area contributed by atoms with E-state index in [1.807, 2.05) is 36.4 Å². The number of aryl methyl sites for hydroxylation is 1. The van der Waals surface area contributed by atoms with Crippen molar-refractivity contribution in [3.05, 3.63) is 59.1 Å². The Hall–Kier alpha value is -2.00. The van der Waals surface area contributed by atoms with Crippen LogP contribution in [0.4, 0.5) is 11.4 Å². The number of benzene rings is 2. The monoisotopic (exact) mass is 274 g/mol. The summed E-state index contributed by atoms with van der Waals surface area (Å²) in [5, 5.41) is 3.33. The Morgan fingerprint density at radius 2 is 1.79 bits per heavy atom. The van der Waals surface area contributed by atoms with Gasteiger partial charge in [0.25, 0.3) is 0 Å². The Kier molecular flexibility index (Phi) is 4.42. The quantitative estimate of drug-likeness (QED) is 0.839. The molecular formula is C15H15ClN2O. The number of carbonyl (C=O) groups is 1. The number of nitrogens with two attached hydrogens (primary N) is 1. The first kappa shape index (κ1) is 13.4. The summed E-state index contributed by atoms with van der Waals surface area (Å²) < 4.78 is 0. The molecule has 2 rings (SSSR count). The average Bonchev–Trinajstić information content (AvgIpc) is 2.40. The fourth-order valence-electron chi connectivity index (χ4n) is 1.79. The number of hydrogen-bond acceptors (Lipinski definition) is 2. The molecule has 0 aliphatic rings. The van der Waals surface area contributed by atoms with E-state index in [1.165, 1.54) is 0 Å². The summed E-state index contributed by atoms with van der Waals surface area (Å²) in [6.07, 6.45) is 0.988. The Morgan fingerprint density at radius 3 is 2.53 bits per heavy atom. The fourth-order valence-corrected chi connectivity index (χ4v) is 1.97. The molecule has 0 aliphatic heterocycles. The molecule has 0 saturated carbocycles. The van der Waals surface area contributed by atoms with Gasteiger partial charge in [-0.3, -0.25) is 4.79 Å². The molecule has 1 amide bonds. The highest BCUT2D eigenvalue weighted by atomic mass is 35.5. The third-order valence-electron chi connectivity index (χ3n) is 2.82. The van der Waals surface area contributed by atoms with Gasteiger partial charge in [0.05, 0.1) is 10.7 Å². The molecule has 98 valence electrons. The van der Waals surface area contributed by atoms with Crippen LogP contribution < -0.4 is 11.1 Å². The van der Waals surface area contributed by atoms with Gasteiger partial charge in [-0.25, -0.2) is 0 Å². The SMILES string of the molecule is Nc1ccccc1CCC(=O)Nc1ccccc1Cl. The topological polar surface area (TPSA) is 55.1 Å². The van der Waals surface area contributed by atoms with Crippen LogP contribution in [0, 0.1) is 0 Å². The molecule has 0 bridgehead atoms. The number of anilines is 2. The third-order valence-corrected chi connectivity index (χ3v) is 3.15. The van der Waals surface area contributed by atoms with E-state index < -0.39 is 0 Å². The van der Waals surface area contributed by atoms with Gasteiger partial charge >= 0.3 is 0 Å². The van der Waals surface area contributed by atoms with Gasteiger partial charge in [-0.2, -0.15) is 0 Å². The minimum absolute atomic E-state index is 0.0728. The largest absolute Gasteiger partial charge is 0.399 e. The number of amides is 1. The van der Waals surface area contributed by atoms with Crippen LogP contribution in [0.15, 0.2) is 48.5 Å². The zero-order chi connectivity index (χ0) is 13.7. The van der Waals surface area contributed by atoms with Gasteiger partial charge in [-0.1, -0.05) is 41.9 Å². The van der Waals surface area contributed by atoms with Crippen LogP contribution in [0.3, 0.4) is 0 Å². The number of para-hydroxylation sites is 2. The number of halogens is 1. The van der Waals surface area contributed by atoms with Crippen molar-refractivity contribution in [3.63, 3.8) is 0 Å². The maximum absolute atomic E-state index is 11.8. The van der Waals surface area contributed by atoms with Gasteiger partial charge in [0, 0.05) is 12.1 Å². The smallest absolute Gasteiger partial charge is 0.224 e. The molecule has 0 unspecified atom stereocenters. The van der Waals surface area contributed by atoms with E-state index in [9.17, 15) is 4.79 Å². The second kappa shape index (κ2) is 6.25. The minimum atomic E-state index is -0.0728. The van der Waals surface area contributed by atoms with Crippen LogP contribution in [0.5, 0.6) is 0 Å². The molecule has 0 aromatic heterocycles. The van der Waals surface area contributed by atoms with Gasteiger partial charge in [0.2, 0.25) is 5.91 Å². The van der Waals surface area contributed by atoms with Crippen LogP contribution in [0.2, 0.25) is 5.02 Å². The van der Waals surface area contributed by atoms with Crippen LogP contribution in [-0.2, 0) is 11.2 Å². The molecule has 2 aromatic carbocycles. The molecule has 2 aromatic rings. The summed E-state index contributed by atoms with van der Waals surface area (Å²) in [6.45, 7) is 0. The number of nitrogens with one attached hydrogen (secondary N) is 1. The lowest BCUT2D eigenvalue weighted by Gasteiger charge is -2.08. The van der Waals surface area contributed by atoms with E-state index in [4.69, 9.17) is 17.3 Å². The van der Waals surface area contributed by atoms with E-state index in [-0.39, 0.29) is 5.91 Å². The average molecular weight is 275 g/mol. The second-order valence-electron chi connectivity index (χ2n) is 4.23. The lowest BCUT2D eigenvalue weighted by molar-refractivity contribution is -0.116. The highest BCUT2D eigenvalue weighted by Gasteiger charge is 2.06. The number of nitrogen functional groups attached to an aromatic ring is 1. The Balaban J connectivity index is 1.92. The summed E-state index contributed by atoms with van der Waals surface area (Å²) in [6, 6.07) is 14.7. The van der Waals surface area contributed by atoms with Gasteiger partial charge in [-0.15, -0.1) is 0 Å². The number of rotatable bonds is 4. The van der Waals surface area contributed by atoms with E-state index in [1.54, 1.807) is 12.1 Å². The first-order chi connectivity index (χ1) is 9.16. The third kappa shape index (κ3) is 3.73. The fraction of sp³-hybridized carbons (Fsp3) is 0.133. The molecule has 0 heterocycles. The van der Waals surface area contributed by atoms with Crippen molar-refractivity contribution in [2.75, 3.05) is 11.1 Å². The van der Waals surface area contributed by atoms with E-state index in [2.05, 4.69) is 5.32 Å². The highest BCUT2D eigenvalue weighted by Crippen LogP contribution is 2.21. The summed E-state index contributed by atoms with van der Waals surface area (Å²) >= 11 is 5.98. The van der Waals surface area contributed by atoms with Crippen molar-refractivity contribution in [3.8, 4) is 0 Å². The summed E-state index contributed by atoms with van der Waals surface area (Å²) in [7, 11) is 0. The first-order valence-electron chi connectivity index (χ1n) is 6.04. The van der Waals surface area contributed by atoms with Gasteiger partial charge in [-0.05, 0) is 30.2 Å². The van der Waals surface area contributed by atoms with Crippen LogP contribution in [-0.4, -0.2) is 5.91 Å². The van der Waals surface area contributed by atoms with Crippen molar-refractivity contribution in [1.29, 1.82) is 0 Å². The molecule has 0 aliphatic carbocycles. The summed E-state index contributed by atoms with van der Waals surface area (Å²) in [5.74, 6) is -0.0728. The molecule has 0 atom stereocenters. The van der Waals surface area contributed by atoms with E-state index in [0.29, 0.717) is 29.2 Å². The van der Waals surface area contributed by atoms with Crippen molar-refractivity contribution in [1.82, 2.24) is 0 Å². The summed E-state index contributed by atoms with van der Waals surface area (Å²) in [5.41, 5.74) is 8.16. The molecule has 0 radical (unpaired) electrons. The number of hydrogen-bond donors (Lipinski definition) is 2. The first-order valence-corrected chi connectivity index (χ1v) is 6.42. The minimum Gasteiger partial charge on any atom is -0.399 e. The molecule has 0 spiro atoms. The Bertz CT molecular complexity index is 584. The Labute approximate surface area is 117 Å². The predicted octanol–water partition coefficient (Wildman–Crippen LogP) is 3.49. The van der Waals surface area contributed by atoms with Gasteiger partial charge < -0.3 is 11.1 Å². The molecule has 0 fully saturated rings. The lowest BCUT2D eigenvalue weighted by atomic mass is 10.1. The van der Waals surface area contributed by atoms with E-state index >= 15 is 0 Å². The maximum Gasteiger partial charge on any atom is 0.224 e. The highest BCUT2D eigenvalue weighted by molar-refractivity contribution is 6.33. The molecule has 4 heteroatoms. The Morgan fingerprint density at radius 1 is 1.11 bits per heavy atom. The van der Waals surface area contributed by atoms with Crippen molar-refractivity contribution in [2.24, 2.45) is 0 Å². The predicted molar refractivity (Wildman–Crippen MR) is 79.3 cm³/mol. The van der Waals surface area contributed by atoms with Crippen molar-refractivity contribution < 1.29 is 4.79 Å². The molecular weight excluding hydrogens is 260 g/mol. The van der Waals surface area contributed by atoms with Gasteiger partial charge in [0.15, 0.2) is 0 Å². The second-order valence-corrected chi connectivity index (χ2v) is 4.63. The van der Waals surface area contributed by atoms with Crippen molar-refractivity contribution in [2.45, 2.75) is 12.8 Å². The van der Waals surface area contributed by atoms with Crippen molar-refractivity contribution >= 4 is 28.9 Å². The molecule has 19 heavy (non-hydrogen) atoms. The van der Waals surface area contributed by atoms with Gasteiger partial charge in [0.1, 0.15) is 0 Å². The zero-order valence-electron chi connectivity index (χ0n) is 10.4. The summed E-state index contributed by atoms with van der Waals surface area (Å²) in [4.78, 5) is 11.8. The lowest BCUT2D eigenvalue weighted by Crippen LogP contribution is -2.13. The van der Waals surface area contributed by atoms with Crippen LogP contribution in [0.25, 0.3) is 0 Å². The maximum atomic E-state index is 11.8. The molecule has 3 nitrogen and oxygen atoms in total. The normalized spacial score (nSPS) is 10.2. The molecule has 0 saturated heterocycles. The molecule has 3 N–H and O–H groups in total. The zero-order valence-corrected chi connectivity index (χ0v) is 11.2. The van der Waals surface area contributed by atoms with Crippen LogP contribution >= 0.6 is 11.6 Å². The standard InChI is InChI=1S/C15H15ClN2O/c16-12-6-2-4-8-14(12)18-15(19)10-9-11-5-1-3-7-13(11)17/h1-8H,9-10,17H2,(H,18,19). The van der Waals surface area contributed by atoms with E-state index in [0.717, 1.165) is 5.56 Å². The van der Waals surface area contributed by atoms with Crippen LogP contribution in [0.1, 0.15) is 12.0 Å². The number of carbonyl (C=O) groups excluding carboxylic acids is 1.